The van der Waals surface area contributed by atoms with Gasteiger partial charge in [0.05, 0.1) is 12.3 Å². The third kappa shape index (κ3) is 3.07. The molecule has 5 heteroatoms. The van der Waals surface area contributed by atoms with Gasteiger partial charge in [-0.25, -0.2) is 0 Å². The van der Waals surface area contributed by atoms with E-state index in [1.54, 1.807) is 0 Å². The molecule has 1 fully saturated rings. The van der Waals surface area contributed by atoms with Gasteiger partial charge in [0, 0.05) is 0 Å². The van der Waals surface area contributed by atoms with Crippen LogP contribution in [0.5, 0.6) is 5.88 Å². The summed E-state index contributed by atoms with van der Waals surface area (Å²) in [6.07, 6.45) is 4.80. The number of nitrogens with two attached hydrogens (primary N) is 1. The minimum atomic E-state index is 0.358. The quantitative estimate of drug-likeness (QED) is 0.909. The third-order valence-electron chi connectivity index (χ3n) is 4.34. The maximum absolute atomic E-state index is 9.24. The molecule has 2 unspecified atom stereocenters. The van der Waals surface area contributed by atoms with Crippen LogP contribution >= 0.6 is 0 Å². The monoisotopic (exact) mass is 274 g/mol. The molecule has 0 aliphatic heterocycles. The van der Waals surface area contributed by atoms with Crippen LogP contribution < -0.4 is 10.5 Å². The first kappa shape index (κ1) is 14.7. The van der Waals surface area contributed by atoms with E-state index >= 15 is 0 Å². The van der Waals surface area contributed by atoms with Crippen LogP contribution in [0.15, 0.2) is 0 Å². The number of rotatable bonds is 4. The van der Waals surface area contributed by atoms with Gasteiger partial charge in [0.1, 0.15) is 11.6 Å². The van der Waals surface area contributed by atoms with E-state index < -0.39 is 0 Å². The maximum atomic E-state index is 9.24. The number of aromatic nitrogens is 2. The van der Waals surface area contributed by atoms with E-state index in [4.69, 9.17) is 10.5 Å². The average molecular weight is 274 g/mol. The van der Waals surface area contributed by atoms with Crippen LogP contribution in [0.2, 0.25) is 0 Å². The fraction of sp³-hybridized carbons (Fsp3) is 0.667. The number of hydrogen-bond donors (Lipinski definition) is 1. The Bertz CT molecular complexity index is 509. The van der Waals surface area contributed by atoms with E-state index in [0.29, 0.717) is 36.4 Å². The summed E-state index contributed by atoms with van der Waals surface area (Å²) in [6, 6.07) is 2.17. The highest BCUT2D eigenvalue weighted by Gasteiger charge is 2.25. The van der Waals surface area contributed by atoms with Gasteiger partial charge in [0.15, 0.2) is 0 Å². The molecule has 1 aliphatic carbocycles. The van der Waals surface area contributed by atoms with Crippen LogP contribution in [0.3, 0.4) is 0 Å². The second-order valence-electron chi connectivity index (χ2n) is 5.55. The van der Waals surface area contributed by atoms with Gasteiger partial charge in [-0.3, -0.25) is 0 Å². The van der Waals surface area contributed by atoms with E-state index in [2.05, 4.69) is 16.3 Å². The van der Waals surface area contributed by atoms with Gasteiger partial charge in [-0.15, -0.1) is 5.10 Å². The standard InChI is InChI=1S/C15H22N4O/c1-10-11(2)18-19-15(14(10)8-17)20-9-13-6-4-3-5-12(13)7-16/h12-13H,3-7,9,16H2,1-2H3. The van der Waals surface area contributed by atoms with Crippen molar-refractivity contribution < 1.29 is 4.74 Å². The molecule has 2 N–H and O–H groups in total. The van der Waals surface area contributed by atoms with Crippen molar-refractivity contribution in [3.05, 3.63) is 16.8 Å². The second kappa shape index (κ2) is 6.67. The van der Waals surface area contributed by atoms with Crippen LogP contribution in [0.1, 0.15) is 42.5 Å². The lowest BCUT2D eigenvalue weighted by atomic mass is 9.80. The van der Waals surface area contributed by atoms with Crippen molar-refractivity contribution in [1.82, 2.24) is 10.2 Å². The van der Waals surface area contributed by atoms with Crippen molar-refractivity contribution in [1.29, 1.82) is 5.26 Å². The fourth-order valence-corrected chi connectivity index (χ4v) is 2.82. The number of nitrogens with zero attached hydrogens (tertiary/aromatic N) is 3. The molecule has 1 saturated carbocycles. The Hall–Kier alpha value is -1.67. The maximum Gasteiger partial charge on any atom is 0.251 e. The first-order valence-electron chi connectivity index (χ1n) is 7.24. The van der Waals surface area contributed by atoms with Crippen molar-refractivity contribution in [3.8, 4) is 11.9 Å². The van der Waals surface area contributed by atoms with Gasteiger partial charge < -0.3 is 10.5 Å². The van der Waals surface area contributed by atoms with E-state index in [1.807, 2.05) is 13.8 Å². The Labute approximate surface area is 120 Å². The zero-order valence-electron chi connectivity index (χ0n) is 12.2. The van der Waals surface area contributed by atoms with Crippen molar-refractivity contribution in [2.24, 2.45) is 17.6 Å². The minimum Gasteiger partial charge on any atom is -0.475 e. The molecule has 5 nitrogen and oxygen atoms in total. The minimum absolute atomic E-state index is 0.358. The predicted octanol–water partition coefficient (Wildman–Crippen LogP) is 2.11. The van der Waals surface area contributed by atoms with Crippen LogP contribution in [-0.4, -0.2) is 23.3 Å². The van der Waals surface area contributed by atoms with E-state index in [9.17, 15) is 5.26 Å². The van der Waals surface area contributed by atoms with Crippen molar-refractivity contribution in [2.75, 3.05) is 13.2 Å². The molecule has 1 aromatic heterocycles. The lowest BCUT2D eigenvalue weighted by molar-refractivity contribution is 0.148. The second-order valence-corrected chi connectivity index (χ2v) is 5.55. The number of ether oxygens (including phenoxy) is 1. The molecule has 0 radical (unpaired) electrons. The predicted molar refractivity (Wildman–Crippen MR) is 76.2 cm³/mol. The molecular formula is C15H22N4O. The molecule has 108 valence electrons. The number of aryl methyl sites for hydroxylation is 1. The van der Waals surface area contributed by atoms with Gasteiger partial charge in [0.2, 0.25) is 0 Å². The lowest BCUT2D eigenvalue weighted by Crippen LogP contribution is -2.31. The van der Waals surface area contributed by atoms with E-state index in [1.165, 1.54) is 19.3 Å². The number of nitriles is 1. The number of hydrogen-bond acceptors (Lipinski definition) is 5. The molecule has 1 aromatic rings. The van der Waals surface area contributed by atoms with Crippen molar-refractivity contribution >= 4 is 0 Å². The molecule has 2 rings (SSSR count). The molecule has 0 bridgehead atoms. The largest absolute Gasteiger partial charge is 0.475 e. The van der Waals surface area contributed by atoms with Gasteiger partial charge >= 0.3 is 0 Å². The highest BCUT2D eigenvalue weighted by Crippen LogP contribution is 2.30. The molecule has 0 spiro atoms. The normalized spacial score (nSPS) is 22.3. The highest BCUT2D eigenvalue weighted by atomic mass is 16.5. The van der Waals surface area contributed by atoms with E-state index in [0.717, 1.165) is 17.7 Å². The summed E-state index contributed by atoms with van der Waals surface area (Å²) in [5.74, 6) is 1.34. The topological polar surface area (TPSA) is 84.8 Å². The summed E-state index contributed by atoms with van der Waals surface area (Å²) < 4.78 is 5.78. The molecule has 2 atom stereocenters. The van der Waals surface area contributed by atoms with Gasteiger partial charge in [-0.1, -0.05) is 12.8 Å². The third-order valence-corrected chi connectivity index (χ3v) is 4.34. The Morgan fingerprint density at radius 3 is 2.60 bits per heavy atom. The van der Waals surface area contributed by atoms with Crippen molar-refractivity contribution in [3.63, 3.8) is 0 Å². The Morgan fingerprint density at radius 1 is 1.25 bits per heavy atom. The molecule has 0 saturated heterocycles. The lowest BCUT2D eigenvalue weighted by Gasteiger charge is -2.30. The molecule has 1 heterocycles. The van der Waals surface area contributed by atoms with Crippen LogP contribution in [0, 0.1) is 37.0 Å². The van der Waals surface area contributed by atoms with Crippen LogP contribution in [-0.2, 0) is 0 Å². The van der Waals surface area contributed by atoms with Gasteiger partial charge in [0.25, 0.3) is 5.88 Å². The van der Waals surface area contributed by atoms with Crippen molar-refractivity contribution in [2.45, 2.75) is 39.5 Å². The summed E-state index contributed by atoms with van der Waals surface area (Å²) in [5, 5.41) is 17.3. The summed E-state index contributed by atoms with van der Waals surface area (Å²) in [4.78, 5) is 0. The summed E-state index contributed by atoms with van der Waals surface area (Å²) in [5.41, 5.74) is 7.94. The highest BCUT2D eigenvalue weighted by molar-refractivity contribution is 5.44. The zero-order valence-corrected chi connectivity index (χ0v) is 12.2. The Kier molecular flexibility index (Phi) is 4.91. The van der Waals surface area contributed by atoms with Gasteiger partial charge in [-0.2, -0.15) is 10.4 Å². The summed E-state index contributed by atoms with van der Waals surface area (Å²) in [6.45, 7) is 5.00. The molecule has 1 aliphatic rings. The zero-order chi connectivity index (χ0) is 14.5. The molecular weight excluding hydrogens is 252 g/mol. The summed E-state index contributed by atoms with van der Waals surface area (Å²) in [7, 11) is 0. The first-order valence-corrected chi connectivity index (χ1v) is 7.24. The van der Waals surface area contributed by atoms with Gasteiger partial charge in [-0.05, 0) is 50.6 Å². The smallest absolute Gasteiger partial charge is 0.251 e. The van der Waals surface area contributed by atoms with Crippen LogP contribution in [0.25, 0.3) is 0 Å². The first-order chi connectivity index (χ1) is 9.67. The Morgan fingerprint density at radius 2 is 1.95 bits per heavy atom. The fourth-order valence-electron chi connectivity index (χ4n) is 2.82. The molecule has 0 amide bonds. The molecule has 20 heavy (non-hydrogen) atoms. The SMILES string of the molecule is Cc1nnc(OCC2CCCCC2CN)c(C#N)c1C. The van der Waals surface area contributed by atoms with Crippen LogP contribution in [0.4, 0.5) is 0 Å². The molecule has 0 aromatic carbocycles. The average Bonchev–Trinajstić information content (AvgIpc) is 2.48. The van der Waals surface area contributed by atoms with E-state index in [-0.39, 0.29) is 0 Å². The Balaban J connectivity index is 2.07. The summed E-state index contributed by atoms with van der Waals surface area (Å²) >= 11 is 0.